The van der Waals surface area contributed by atoms with Crippen LogP contribution in [0.25, 0.3) is 0 Å². The van der Waals surface area contributed by atoms with Crippen molar-refractivity contribution in [3.05, 3.63) is 0 Å². The molecular weight excluding hydrogens is 174 g/mol. The molecule has 0 spiro atoms. The van der Waals surface area contributed by atoms with Gasteiger partial charge in [-0.25, -0.2) is 0 Å². The Morgan fingerprint density at radius 3 is 0.500 bits per heavy atom. The van der Waals surface area contributed by atoms with Gasteiger partial charge in [0.2, 0.25) is 0 Å². The van der Waals surface area contributed by atoms with E-state index in [1.54, 1.807) is 0 Å². The molecule has 0 radical (unpaired) electrons. The van der Waals surface area contributed by atoms with Crippen molar-refractivity contribution in [1.29, 1.82) is 0 Å². The maximum Gasteiger partial charge on any atom is 4.00 e. The van der Waals surface area contributed by atoms with Gasteiger partial charge in [0.05, 0.1) is 0 Å². The van der Waals surface area contributed by atoms with Gasteiger partial charge in [-0.2, -0.15) is 0 Å². The molecule has 6 heavy (non-hydrogen) atoms. The van der Waals surface area contributed by atoms with Gasteiger partial charge in [0.15, 0.2) is 0 Å². The molecule has 0 fully saturated rings. The minimum absolute atomic E-state index is 0. The zero-order valence-corrected chi connectivity index (χ0v) is 11.5. The minimum atomic E-state index is 0. The normalized spacial score (nSPS) is 0. The fourth-order valence-corrected chi connectivity index (χ4v) is 0. The summed E-state index contributed by atoms with van der Waals surface area (Å²) < 4.78 is 0. The first-order valence-electron chi connectivity index (χ1n) is 0. The van der Waals surface area contributed by atoms with Crippen molar-refractivity contribution >= 4 is 0 Å². The third-order valence-electron chi connectivity index (χ3n) is 0. The van der Waals surface area contributed by atoms with Crippen LogP contribution in [0.5, 0.6) is 0 Å². The van der Waals surface area contributed by atoms with E-state index in [-0.39, 0.29) is 141 Å². The van der Waals surface area contributed by atoms with Crippen LogP contribution in [0.3, 0.4) is 0 Å². The van der Waals surface area contributed by atoms with Crippen LogP contribution in [0.15, 0.2) is 0 Å². The Labute approximate surface area is 137 Å². The van der Waals surface area contributed by atoms with Crippen LogP contribution in [-0.2, 0) is 38.1 Å². The molecule has 0 aliphatic carbocycles. The molecule has 0 aromatic rings. The predicted octanol–water partition coefficient (Wildman–Crippen LogP) is -6.35. The van der Waals surface area contributed by atoms with Gasteiger partial charge in [-0.1, -0.05) is 0 Å². The summed E-state index contributed by atoms with van der Waals surface area (Å²) in [7, 11) is 0. The zero-order chi connectivity index (χ0) is 0. The summed E-state index contributed by atoms with van der Waals surface area (Å²) in [6.45, 7) is 0. The predicted molar refractivity (Wildman–Crippen MR) is 2.06 cm³/mol. The maximum atomic E-state index is 0. The molecule has 0 atom stereocenters. The Morgan fingerprint density at radius 2 is 0.500 bits per heavy atom. The topological polar surface area (TPSA) is 85.5 Å². The van der Waals surface area contributed by atoms with Crippen molar-refractivity contribution < 1.29 is 141 Å². The molecule has 0 aliphatic rings. The van der Waals surface area contributed by atoms with Gasteiger partial charge in [-0.05, 0) is 0 Å². The maximum absolute atomic E-state index is 0. The third kappa shape index (κ3) is 24.8. The number of hydrogen-bond acceptors (Lipinski definition) is 0. The first-order valence-corrected chi connectivity index (χ1v) is 0. The molecule has 0 aromatic heterocycles. The summed E-state index contributed by atoms with van der Waals surface area (Å²) >= 11 is 0. The largest absolute Gasteiger partial charge is 4.00 e. The summed E-state index contributed by atoms with van der Waals surface area (Å²) in [4.78, 5) is 0. The zero-order valence-electron chi connectivity index (χ0n) is 3.72. The summed E-state index contributed by atoms with van der Waals surface area (Å²) in [5.74, 6) is 0. The summed E-state index contributed by atoms with van der Waals surface area (Å²) in [5, 5.41) is 0. The van der Waals surface area contributed by atoms with E-state index in [4.69, 9.17) is 0 Å². The van der Waals surface area contributed by atoms with E-state index in [1.165, 1.54) is 0 Å². The van der Waals surface area contributed by atoms with Crippen molar-refractivity contribution in [2.24, 2.45) is 0 Å². The second kappa shape index (κ2) is 36.7. The monoisotopic (exact) mass is 174 g/mol. The van der Waals surface area contributed by atoms with Crippen molar-refractivity contribution in [2.45, 2.75) is 0 Å². The van der Waals surface area contributed by atoms with Crippen LogP contribution in [0, 0.1) is 0 Å². The molecule has 0 rings (SSSR count). The second-order valence-electron chi connectivity index (χ2n) is 0. The molecule has 0 N–H and O–H groups in total. The molecule has 0 saturated heterocycles. The van der Waals surface area contributed by atoms with Crippen molar-refractivity contribution in [3.8, 4) is 0 Å². The molecule has 0 bridgehead atoms. The van der Waals surface area contributed by atoms with Crippen LogP contribution in [0.4, 0.5) is 0 Å². The molecule has 0 unspecified atom stereocenters. The molecule has 3 nitrogen and oxygen atoms in total. The molecule has 6 heteroatoms. The smallest absolute Gasteiger partial charge is 2.00 e. The van der Waals surface area contributed by atoms with Crippen LogP contribution >= 0.6 is 0 Å². The molecule has 0 aromatic carbocycles. The Morgan fingerprint density at radius 1 is 0.500 bits per heavy atom. The van der Waals surface area contributed by atoms with E-state index >= 15 is 0 Å². The number of rotatable bonds is 0. The van der Waals surface area contributed by atoms with Gasteiger partial charge in [0.1, 0.15) is 0 Å². The summed E-state index contributed by atoms with van der Waals surface area (Å²) in [5.41, 5.74) is 0. The standard InChI is InChI=1S/2K.3O.Ti/q2*+1;3*-2;+4. The average molecular weight is 174 g/mol. The fraction of sp³-hybridized carbons (Fsp3) is 0. The van der Waals surface area contributed by atoms with Gasteiger partial charge in [0, 0.05) is 0 Å². The fourth-order valence-electron chi connectivity index (χ4n) is 0. The quantitative estimate of drug-likeness (QED) is 0.327. The summed E-state index contributed by atoms with van der Waals surface area (Å²) in [6.07, 6.45) is 0. The van der Waals surface area contributed by atoms with Crippen LogP contribution in [0.2, 0.25) is 0 Å². The van der Waals surface area contributed by atoms with Crippen LogP contribution in [-0.4, -0.2) is 0 Å². The average Bonchev–Trinajstić information content (AvgIpc) is 0. The molecular formula is K2O3Ti. The van der Waals surface area contributed by atoms with E-state index in [0.717, 1.165) is 0 Å². The van der Waals surface area contributed by atoms with E-state index in [0.29, 0.717) is 0 Å². The molecule has 24 valence electrons. The van der Waals surface area contributed by atoms with Gasteiger partial charge >= 0.3 is 124 Å². The SMILES string of the molecule is [K+].[K+].[O-2].[O-2].[O-2].[Ti+4]. The molecule has 0 aliphatic heterocycles. The van der Waals surface area contributed by atoms with Crippen molar-refractivity contribution in [3.63, 3.8) is 0 Å². The Hall–Kier alpha value is 3.87. The van der Waals surface area contributed by atoms with Crippen molar-refractivity contribution in [1.82, 2.24) is 0 Å². The van der Waals surface area contributed by atoms with E-state index in [9.17, 15) is 0 Å². The first kappa shape index (κ1) is 51.9. The third-order valence-corrected chi connectivity index (χ3v) is 0. The van der Waals surface area contributed by atoms with Gasteiger partial charge in [-0.15, -0.1) is 0 Å². The Bertz CT molecular complexity index is 8.75. The minimum Gasteiger partial charge on any atom is -2.00 e. The van der Waals surface area contributed by atoms with E-state index in [2.05, 4.69) is 0 Å². The molecule has 0 amide bonds. The molecule has 0 heterocycles. The van der Waals surface area contributed by atoms with Crippen LogP contribution in [0.1, 0.15) is 0 Å². The Kier molecular flexibility index (Phi) is 317. The van der Waals surface area contributed by atoms with Gasteiger partial charge in [-0.3, -0.25) is 0 Å². The van der Waals surface area contributed by atoms with Crippen molar-refractivity contribution in [2.75, 3.05) is 0 Å². The first-order chi connectivity index (χ1) is 0. The van der Waals surface area contributed by atoms with Crippen LogP contribution < -0.4 is 103 Å². The van der Waals surface area contributed by atoms with Gasteiger partial charge < -0.3 is 16.4 Å². The number of hydrogen-bond donors (Lipinski definition) is 0. The van der Waals surface area contributed by atoms with E-state index < -0.39 is 0 Å². The Balaban J connectivity index is 0. The molecule has 0 saturated carbocycles. The van der Waals surface area contributed by atoms with Gasteiger partial charge in [0.25, 0.3) is 0 Å². The second-order valence-corrected chi connectivity index (χ2v) is 0. The van der Waals surface area contributed by atoms with E-state index in [1.807, 2.05) is 0 Å². The summed E-state index contributed by atoms with van der Waals surface area (Å²) in [6, 6.07) is 0.